The Morgan fingerprint density at radius 2 is 1.92 bits per heavy atom. The lowest BCUT2D eigenvalue weighted by Crippen LogP contribution is -2.34. The summed E-state index contributed by atoms with van der Waals surface area (Å²) in [6.45, 7) is -0.846. The maximum Gasteiger partial charge on any atom is 0.344 e. The zero-order chi connectivity index (χ0) is 24.9. The average Bonchev–Trinajstić information content (AvgIpc) is 3.67. The predicted octanol–water partition coefficient (Wildman–Crippen LogP) is 4.49. The number of fused-ring (bicyclic) bond motifs is 1. The Morgan fingerprint density at radius 3 is 2.64 bits per heavy atom. The zero-order valence-corrected chi connectivity index (χ0v) is 19.3. The minimum absolute atomic E-state index is 0.0366. The number of esters is 1. The van der Waals surface area contributed by atoms with Gasteiger partial charge >= 0.3 is 5.97 Å². The number of carbonyl (C=O) groups excluding carboxylic acids is 2. The van der Waals surface area contributed by atoms with E-state index < -0.39 is 24.5 Å². The Hall–Kier alpha value is -4.58. The molecule has 1 aliphatic heterocycles. The van der Waals surface area contributed by atoms with E-state index in [1.54, 1.807) is 42.9 Å². The highest BCUT2D eigenvalue weighted by atomic mass is 16.6. The molecular formula is C27H23N3O6. The smallest absolute Gasteiger partial charge is 0.344 e. The number of allylic oxidation sites excluding steroid dienone is 1. The highest BCUT2D eigenvalue weighted by molar-refractivity contribution is 6.08. The summed E-state index contributed by atoms with van der Waals surface area (Å²) in [5, 5.41) is 14.9. The first-order chi connectivity index (χ1) is 17.6. The number of furan rings is 2. The van der Waals surface area contributed by atoms with Crippen LogP contribution in [0.4, 0.5) is 0 Å². The van der Waals surface area contributed by atoms with Crippen LogP contribution in [0.25, 0.3) is 6.08 Å². The quantitative estimate of drug-likeness (QED) is 0.453. The van der Waals surface area contributed by atoms with E-state index in [2.05, 4.69) is 5.10 Å². The van der Waals surface area contributed by atoms with E-state index >= 15 is 0 Å². The first-order valence-corrected chi connectivity index (χ1v) is 11.6. The topological polar surface area (TPSA) is 118 Å². The maximum atomic E-state index is 13.2. The van der Waals surface area contributed by atoms with Crippen molar-refractivity contribution in [3.63, 3.8) is 0 Å². The third kappa shape index (κ3) is 4.93. The number of rotatable bonds is 7. The molecule has 1 saturated carbocycles. The highest BCUT2D eigenvalue weighted by Crippen LogP contribution is 2.44. The van der Waals surface area contributed by atoms with Crippen LogP contribution in [0.1, 0.15) is 42.4 Å². The number of hydrogen-bond donors (Lipinski definition) is 0. The van der Waals surface area contributed by atoms with Gasteiger partial charge in [-0.15, -0.1) is 0 Å². The van der Waals surface area contributed by atoms with Gasteiger partial charge in [0.05, 0.1) is 29.9 Å². The summed E-state index contributed by atoms with van der Waals surface area (Å²) in [5.41, 5.74) is 2.32. The number of amides is 1. The summed E-state index contributed by atoms with van der Waals surface area (Å²) in [4.78, 5) is 25.4. The lowest BCUT2D eigenvalue weighted by atomic mass is 9.79. The van der Waals surface area contributed by atoms with Gasteiger partial charge in [-0.2, -0.15) is 10.4 Å². The molecule has 0 spiro atoms. The van der Waals surface area contributed by atoms with Gasteiger partial charge in [0.15, 0.2) is 13.2 Å². The van der Waals surface area contributed by atoms with E-state index in [9.17, 15) is 9.59 Å². The number of nitrogens with zero attached hydrogens (tertiary/aromatic N) is 3. The average molecular weight is 485 g/mol. The Labute approximate surface area is 207 Å². The number of nitriles is 1. The van der Waals surface area contributed by atoms with E-state index in [0.717, 1.165) is 36.3 Å². The van der Waals surface area contributed by atoms with Crippen LogP contribution in [0.3, 0.4) is 0 Å². The van der Waals surface area contributed by atoms with Crippen LogP contribution >= 0.6 is 0 Å². The Kier molecular flexibility index (Phi) is 6.67. The fourth-order valence-electron chi connectivity index (χ4n) is 4.51. The molecule has 9 nitrogen and oxygen atoms in total. The number of hydrogen-bond acceptors (Lipinski definition) is 8. The lowest BCUT2D eigenvalue weighted by molar-refractivity contribution is -0.154. The molecule has 0 bridgehead atoms. The summed E-state index contributed by atoms with van der Waals surface area (Å²) < 4.78 is 21.7. The van der Waals surface area contributed by atoms with Crippen LogP contribution in [-0.2, 0) is 14.3 Å². The SMILES string of the molecule is N#Cc1ccc(OCC(=O)OCC(=O)N2N=C3C(=Cc4ccco4)CCCC3C2c2ccco2)cc1. The third-order valence-corrected chi connectivity index (χ3v) is 6.15. The molecule has 5 rings (SSSR count). The minimum Gasteiger partial charge on any atom is -0.482 e. The van der Waals surface area contributed by atoms with Gasteiger partial charge in [0.1, 0.15) is 23.3 Å². The first kappa shape index (κ1) is 23.2. The molecule has 9 heteroatoms. The molecule has 182 valence electrons. The van der Waals surface area contributed by atoms with E-state index in [4.69, 9.17) is 23.6 Å². The summed E-state index contributed by atoms with van der Waals surface area (Å²) in [7, 11) is 0. The molecule has 3 aromatic rings. The highest BCUT2D eigenvalue weighted by Gasteiger charge is 2.45. The van der Waals surface area contributed by atoms with Crippen LogP contribution in [0, 0.1) is 17.2 Å². The second-order valence-electron chi connectivity index (χ2n) is 8.45. The van der Waals surface area contributed by atoms with Crippen LogP contribution in [0.5, 0.6) is 5.75 Å². The van der Waals surface area contributed by atoms with E-state index in [1.165, 1.54) is 5.01 Å². The molecule has 1 aliphatic carbocycles. The fraction of sp³-hybridized carbons (Fsp3) is 0.259. The third-order valence-electron chi connectivity index (χ3n) is 6.15. The van der Waals surface area contributed by atoms with Crippen molar-refractivity contribution >= 4 is 23.7 Å². The van der Waals surface area contributed by atoms with E-state index in [0.29, 0.717) is 17.1 Å². The van der Waals surface area contributed by atoms with E-state index in [1.807, 2.05) is 30.3 Å². The second kappa shape index (κ2) is 10.4. The van der Waals surface area contributed by atoms with Gasteiger partial charge in [-0.3, -0.25) is 4.79 Å². The van der Waals surface area contributed by atoms with Gasteiger partial charge in [0.25, 0.3) is 5.91 Å². The monoisotopic (exact) mass is 485 g/mol. The molecule has 2 aliphatic rings. The summed E-state index contributed by atoms with van der Waals surface area (Å²) in [6.07, 6.45) is 7.76. The molecular weight excluding hydrogens is 462 g/mol. The van der Waals surface area contributed by atoms with Crippen LogP contribution in [0.2, 0.25) is 0 Å². The summed E-state index contributed by atoms with van der Waals surface area (Å²) >= 11 is 0. The van der Waals surface area contributed by atoms with Crippen molar-refractivity contribution in [2.24, 2.45) is 11.0 Å². The minimum atomic E-state index is -0.690. The molecule has 2 aromatic heterocycles. The molecule has 0 radical (unpaired) electrons. The number of benzene rings is 1. The van der Waals surface area contributed by atoms with Gasteiger partial charge < -0.3 is 18.3 Å². The first-order valence-electron chi connectivity index (χ1n) is 11.6. The zero-order valence-electron chi connectivity index (χ0n) is 19.3. The molecule has 2 unspecified atom stereocenters. The molecule has 2 atom stereocenters. The maximum absolute atomic E-state index is 13.2. The molecule has 1 amide bonds. The van der Waals surface area contributed by atoms with Crippen molar-refractivity contribution in [3.05, 3.63) is 83.7 Å². The number of carbonyl (C=O) groups is 2. The van der Waals surface area contributed by atoms with Gasteiger partial charge in [-0.05, 0) is 79.4 Å². The molecule has 0 saturated heterocycles. The molecule has 3 heterocycles. The Bertz CT molecular complexity index is 1320. The number of ether oxygens (including phenoxy) is 2. The van der Waals surface area contributed by atoms with Gasteiger partial charge in [-0.1, -0.05) is 0 Å². The largest absolute Gasteiger partial charge is 0.482 e. The second-order valence-corrected chi connectivity index (χ2v) is 8.45. The van der Waals surface area contributed by atoms with Gasteiger partial charge in [0.2, 0.25) is 0 Å². The predicted molar refractivity (Wildman–Crippen MR) is 127 cm³/mol. The standard InChI is InChI=1S/C27H23N3O6/c28-15-18-8-10-20(11-9-18)35-17-25(32)36-16-24(31)30-27(23-7-3-13-34-23)22-6-1-4-19(26(22)29-30)14-21-5-2-12-33-21/h2-3,5,7-14,22,27H,1,4,6,16-17H2. The van der Waals surface area contributed by atoms with Crippen molar-refractivity contribution < 1.29 is 27.9 Å². The molecule has 36 heavy (non-hydrogen) atoms. The Balaban J connectivity index is 1.27. The van der Waals surface area contributed by atoms with E-state index in [-0.39, 0.29) is 12.5 Å². The number of hydrazone groups is 1. The summed E-state index contributed by atoms with van der Waals surface area (Å²) in [6, 6.07) is 15.2. The molecule has 1 fully saturated rings. The van der Waals surface area contributed by atoms with Crippen LogP contribution < -0.4 is 4.74 Å². The summed E-state index contributed by atoms with van der Waals surface area (Å²) in [5.74, 6) is 0.588. The molecule has 1 aromatic carbocycles. The van der Waals surface area contributed by atoms with Gasteiger partial charge in [-0.25, -0.2) is 9.80 Å². The molecule has 0 N–H and O–H groups in total. The van der Waals surface area contributed by atoms with Crippen molar-refractivity contribution in [1.29, 1.82) is 5.26 Å². The van der Waals surface area contributed by atoms with Crippen LogP contribution in [-0.4, -0.2) is 35.8 Å². The fourth-order valence-corrected chi connectivity index (χ4v) is 4.51. The Morgan fingerprint density at radius 1 is 1.11 bits per heavy atom. The van der Waals surface area contributed by atoms with Crippen molar-refractivity contribution in [2.45, 2.75) is 25.3 Å². The lowest BCUT2D eigenvalue weighted by Gasteiger charge is -2.27. The van der Waals surface area contributed by atoms with Crippen LogP contribution in [0.15, 0.2) is 80.6 Å². The van der Waals surface area contributed by atoms with Gasteiger partial charge in [0, 0.05) is 5.92 Å². The van der Waals surface area contributed by atoms with Crippen molar-refractivity contribution in [1.82, 2.24) is 5.01 Å². The normalized spacial score (nSPS) is 19.9. The van der Waals surface area contributed by atoms with Crippen molar-refractivity contribution in [2.75, 3.05) is 13.2 Å². The van der Waals surface area contributed by atoms with Crippen molar-refractivity contribution in [3.8, 4) is 11.8 Å².